The summed E-state index contributed by atoms with van der Waals surface area (Å²) >= 11 is 0. The number of nitrogens with one attached hydrogen (secondary N) is 1. The minimum Gasteiger partial charge on any atom is -0.496 e. The van der Waals surface area contributed by atoms with E-state index in [0.29, 0.717) is 5.75 Å². The third-order valence-electron chi connectivity index (χ3n) is 4.21. The normalized spacial score (nSPS) is 22.2. The molecular formula is C16H25NO3S. The average Bonchev–Trinajstić information content (AvgIpc) is 2.75. The molecule has 5 heteroatoms. The molecular weight excluding hydrogens is 286 g/mol. The maximum Gasteiger partial charge on any atom is 0.150 e. The minimum atomic E-state index is -2.86. The number of rotatable bonds is 5. The Morgan fingerprint density at radius 1 is 1.33 bits per heavy atom. The fraction of sp³-hybridized carbons (Fsp3) is 0.625. The van der Waals surface area contributed by atoms with E-state index in [0.717, 1.165) is 35.4 Å². The first-order valence-corrected chi connectivity index (χ1v) is 9.29. The zero-order valence-corrected chi connectivity index (χ0v) is 14.1. The molecule has 1 aromatic rings. The molecule has 21 heavy (non-hydrogen) atoms. The molecule has 1 fully saturated rings. The number of hydrogen-bond donors (Lipinski definition) is 1. The minimum absolute atomic E-state index is 0.0931. The molecule has 4 nitrogen and oxygen atoms in total. The van der Waals surface area contributed by atoms with Gasteiger partial charge in [-0.3, -0.25) is 0 Å². The smallest absolute Gasteiger partial charge is 0.150 e. The van der Waals surface area contributed by atoms with Gasteiger partial charge in [0.05, 0.1) is 18.6 Å². The van der Waals surface area contributed by atoms with Crippen LogP contribution in [0.1, 0.15) is 36.1 Å². The zero-order valence-electron chi connectivity index (χ0n) is 13.3. The van der Waals surface area contributed by atoms with Crippen molar-refractivity contribution in [2.45, 2.75) is 33.2 Å². The van der Waals surface area contributed by atoms with Crippen molar-refractivity contribution in [1.82, 2.24) is 5.32 Å². The molecule has 0 aliphatic carbocycles. The van der Waals surface area contributed by atoms with Crippen molar-refractivity contribution in [3.63, 3.8) is 0 Å². The van der Waals surface area contributed by atoms with Gasteiger partial charge >= 0.3 is 0 Å². The molecule has 0 amide bonds. The van der Waals surface area contributed by atoms with Crippen LogP contribution in [0, 0.1) is 19.8 Å². The Labute approximate surface area is 127 Å². The molecule has 1 saturated heterocycles. The predicted octanol–water partition coefficient (Wildman–Crippen LogP) is 2.40. The highest BCUT2D eigenvalue weighted by Gasteiger charge is 2.34. The van der Waals surface area contributed by atoms with Gasteiger partial charge in [0.2, 0.25) is 0 Å². The van der Waals surface area contributed by atoms with Crippen LogP contribution < -0.4 is 10.1 Å². The number of methoxy groups -OCH3 is 1. The van der Waals surface area contributed by atoms with Gasteiger partial charge in [0.25, 0.3) is 0 Å². The lowest BCUT2D eigenvalue weighted by molar-refractivity contribution is 0.394. The molecule has 0 radical (unpaired) electrons. The number of hydrogen-bond acceptors (Lipinski definition) is 4. The lowest BCUT2D eigenvalue weighted by Gasteiger charge is -2.25. The second-order valence-corrected chi connectivity index (χ2v) is 8.12. The topological polar surface area (TPSA) is 55.4 Å². The molecule has 1 aliphatic rings. The summed E-state index contributed by atoms with van der Waals surface area (Å²) in [4.78, 5) is 0. The van der Waals surface area contributed by atoms with Gasteiger partial charge < -0.3 is 10.1 Å². The highest BCUT2D eigenvalue weighted by molar-refractivity contribution is 7.91. The number of benzene rings is 1. The zero-order chi connectivity index (χ0) is 15.6. The van der Waals surface area contributed by atoms with Crippen molar-refractivity contribution < 1.29 is 13.2 Å². The van der Waals surface area contributed by atoms with E-state index in [4.69, 9.17) is 4.74 Å². The molecule has 0 spiro atoms. The van der Waals surface area contributed by atoms with Crippen LogP contribution in [-0.2, 0) is 9.84 Å². The highest BCUT2D eigenvalue weighted by atomic mass is 32.2. The molecule has 1 aromatic carbocycles. The summed E-state index contributed by atoms with van der Waals surface area (Å²) in [5.74, 6) is 1.66. The molecule has 2 atom stereocenters. The maximum atomic E-state index is 11.8. The predicted molar refractivity (Wildman–Crippen MR) is 85.6 cm³/mol. The lowest BCUT2D eigenvalue weighted by atomic mass is 9.90. The first-order chi connectivity index (χ1) is 9.88. The van der Waals surface area contributed by atoms with E-state index in [9.17, 15) is 8.42 Å². The highest BCUT2D eigenvalue weighted by Crippen LogP contribution is 2.34. The number of ether oxygens (including phenoxy) is 1. The van der Waals surface area contributed by atoms with Crippen LogP contribution >= 0.6 is 0 Å². The molecule has 0 aromatic heterocycles. The second-order valence-electron chi connectivity index (χ2n) is 5.89. The van der Waals surface area contributed by atoms with Gasteiger partial charge in [-0.1, -0.05) is 19.1 Å². The van der Waals surface area contributed by atoms with Crippen LogP contribution in [0.2, 0.25) is 0 Å². The number of sulfone groups is 1. The Kier molecular flexibility index (Phi) is 4.94. The molecule has 118 valence electrons. The van der Waals surface area contributed by atoms with Gasteiger partial charge in [0.1, 0.15) is 5.75 Å². The average molecular weight is 311 g/mol. The molecule has 1 heterocycles. The Hall–Kier alpha value is -1.07. The Morgan fingerprint density at radius 2 is 1.95 bits per heavy atom. The van der Waals surface area contributed by atoms with E-state index in [1.54, 1.807) is 7.11 Å². The third kappa shape index (κ3) is 3.58. The monoisotopic (exact) mass is 311 g/mol. The van der Waals surface area contributed by atoms with E-state index < -0.39 is 9.84 Å². The molecule has 2 rings (SSSR count). The van der Waals surface area contributed by atoms with Crippen molar-refractivity contribution in [3.8, 4) is 5.75 Å². The lowest BCUT2D eigenvalue weighted by Crippen LogP contribution is -2.29. The first-order valence-electron chi connectivity index (χ1n) is 7.47. The Balaban J connectivity index is 2.35. The first kappa shape index (κ1) is 16.3. The SMILES string of the molecule is CCNC(c1cc(C)c(OC)c(C)c1)C1CCS(=O)(=O)C1. The van der Waals surface area contributed by atoms with E-state index in [1.165, 1.54) is 0 Å². The van der Waals surface area contributed by atoms with Crippen molar-refractivity contribution in [1.29, 1.82) is 0 Å². The van der Waals surface area contributed by atoms with Crippen molar-refractivity contribution in [2.75, 3.05) is 25.2 Å². The third-order valence-corrected chi connectivity index (χ3v) is 6.00. The summed E-state index contributed by atoms with van der Waals surface area (Å²) in [5, 5.41) is 3.47. The molecule has 1 aliphatic heterocycles. The Morgan fingerprint density at radius 3 is 2.38 bits per heavy atom. The van der Waals surface area contributed by atoms with Gasteiger partial charge in [-0.05, 0) is 49.4 Å². The maximum absolute atomic E-state index is 11.8. The largest absolute Gasteiger partial charge is 0.496 e. The van der Waals surface area contributed by atoms with Gasteiger partial charge in [-0.25, -0.2) is 8.42 Å². The molecule has 2 unspecified atom stereocenters. The van der Waals surface area contributed by atoms with Crippen LogP contribution in [0.25, 0.3) is 0 Å². The molecule has 0 saturated carbocycles. The number of aryl methyl sites for hydroxylation is 2. The van der Waals surface area contributed by atoms with Crippen LogP contribution in [0.15, 0.2) is 12.1 Å². The summed E-state index contributed by atoms with van der Waals surface area (Å²) in [7, 11) is -1.18. The fourth-order valence-electron chi connectivity index (χ4n) is 3.35. The van der Waals surface area contributed by atoms with E-state index in [1.807, 2.05) is 13.8 Å². The van der Waals surface area contributed by atoms with Crippen LogP contribution in [0.3, 0.4) is 0 Å². The second kappa shape index (κ2) is 6.36. The quantitative estimate of drug-likeness (QED) is 0.907. The van der Waals surface area contributed by atoms with Gasteiger partial charge in [0, 0.05) is 6.04 Å². The van der Waals surface area contributed by atoms with Gasteiger partial charge in [-0.2, -0.15) is 0 Å². The summed E-state index contributed by atoms with van der Waals surface area (Å²) in [6, 6.07) is 4.32. The van der Waals surface area contributed by atoms with Crippen LogP contribution in [0.5, 0.6) is 5.75 Å². The van der Waals surface area contributed by atoms with Crippen molar-refractivity contribution >= 4 is 9.84 Å². The summed E-state index contributed by atoms with van der Waals surface area (Å²) < 4.78 is 28.9. The molecule has 1 N–H and O–H groups in total. The van der Waals surface area contributed by atoms with E-state index in [2.05, 4.69) is 24.4 Å². The van der Waals surface area contributed by atoms with Crippen molar-refractivity contribution in [3.05, 3.63) is 28.8 Å². The Bertz CT molecular complexity index is 587. The molecule has 0 bridgehead atoms. The summed E-state index contributed by atoms with van der Waals surface area (Å²) in [5.41, 5.74) is 3.35. The van der Waals surface area contributed by atoms with E-state index in [-0.39, 0.29) is 17.7 Å². The standard InChI is InChI=1S/C16H25NO3S/c1-5-17-15(13-6-7-21(18,19)10-13)14-8-11(2)16(20-4)12(3)9-14/h8-9,13,15,17H,5-7,10H2,1-4H3. The fourth-order valence-corrected chi connectivity index (χ4v) is 5.19. The van der Waals surface area contributed by atoms with Crippen molar-refractivity contribution in [2.24, 2.45) is 5.92 Å². The van der Waals surface area contributed by atoms with Gasteiger partial charge in [-0.15, -0.1) is 0 Å². The van der Waals surface area contributed by atoms with Crippen LogP contribution in [0.4, 0.5) is 0 Å². The van der Waals surface area contributed by atoms with Gasteiger partial charge in [0.15, 0.2) is 9.84 Å². The summed E-state index contributed by atoms with van der Waals surface area (Å²) in [6.45, 7) is 6.94. The summed E-state index contributed by atoms with van der Waals surface area (Å²) in [6.07, 6.45) is 0.740. The van der Waals surface area contributed by atoms with Crippen LogP contribution in [-0.4, -0.2) is 33.6 Å². The van der Waals surface area contributed by atoms with E-state index >= 15 is 0 Å².